The Morgan fingerprint density at radius 2 is 0.773 bits per heavy atom. The van der Waals surface area contributed by atoms with Crippen LogP contribution in [0.3, 0.4) is 0 Å². The third kappa shape index (κ3) is 31.4. The lowest BCUT2D eigenvalue weighted by Gasteiger charge is -2.48. The Labute approximate surface area is 523 Å². The normalized spacial score (nSPS) is 29.5. The average molecular weight is 1240 g/mol. The maximum absolute atomic E-state index is 13.2. The molecule has 17 atom stereocenters. The van der Waals surface area contributed by atoms with Crippen LogP contribution in [0.15, 0.2) is 158 Å². The maximum Gasteiger partial charge on any atom is 0.220 e. The fourth-order valence-corrected chi connectivity index (χ4v) is 9.39. The van der Waals surface area contributed by atoms with Gasteiger partial charge in [-0.1, -0.05) is 185 Å². The molecular formula is C69H107NO18. The average Bonchev–Trinajstić information content (AvgIpc) is 1.13. The first-order chi connectivity index (χ1) is 42.8. The van der Waals surface area contributed by atoms with E-state index < -0.39 is 124 Å². The van der Waals surface area contributed by atoms with E-state index in [-0.39, 0.29) is 18.9 Å². The van der Waals surface area contributed by atoms with Gasteiger partial charge < -0.3 is 89.9 Å². The smallest absolute Gasteiger partial charge is 0.220 e. The number of aliphatic hydroxyl groups is 11. The molecule has 17 unspecified atom stereocenters. The zero-order valence-corrected chi connectivity index (χ0v) is 51.9. The molecule has 0 aromatic heterocycles. The van der Waals surface area contributed by atoms with Gasteiger partial charge in [-0.05, 0) is 103 Å². The molecule has 3 rings (SSSR count). The molecule has 19 nitrogen and oxygen atoms in total. The molecule has 12 N–H and O–H groups in total. The highest BCUT2D eigenvalue weighted by molar-refractivity contribution is 5.76. The van der Waals surface area contributed by atoms with Crippen molar-refractivity contribution in [3.05, 3.63) is 158 Å². The molecule has 0 bridgehead atoms. The second-order valence-corrected chi connectivity index (χ2v) is 21.8. The third-order valence-electron chi connectivity index (χ3n) is 14.6. The lowest BCUT2D eigenvalue weighted by Crippen LogP contribution is -2.66. The van der Waals surface area contributed by atoms with E-state index in [1.165, 1.54) is 0 Å². The maximum atomic E-state index is 13.2. The zero-order valence-electron chi connectivity index (χ0n) is 51.9. The van der Waals surface area contributed by atoms with Crippen LogP contribution in [0.1, 0.15) is 136 Å². The van der Waals surface area contributed by atoms with Gasteiger partial charge in [0.15, 0.2) is 18.9 Å². The Hall–Kier alpha value is -4.59. The minimum Gasteiger partial charge on any atom is -0.394 e. The summed E-state index contributed by atoms with van der Waals surface area (Å²) in [5.41, 5.74) is 0. The van der Waals surface area contributed by atoms with Gasteiger partial charge in [0.1, 0.15) is 73.2 Å². The minimum atomic E-state index is -1.99. The first-order valence-electron chi connectivity index (χ1n) is 31.7. The summed E-state index contributed by atoms with van der Waals surface area (Å²) in [6.45, 7) is 1.34. The van der Waals surface area contributed by atoms with Crippen molar-refractivity contribution in [2.45, 2.75) is 240 Å². The minimum absolute atomic E-state index is 0.174. The van der Waals surface area contributed by atoms with Crippen molar-refractivity contribution < 1.29 is 89.4 Å². The van der Waals surface area contributed by atoms with Crippen molar-refractivity contribution in [2.75, 3.05) is 26.4 Å². The fraction of sp³-hybridized carbons (Fsp3) is 0.609. The number of carbonyl (C=O) groups excluding carboxylic acids is 1. The molecular weight excluding hydrogens is 1130 g/mol. The monoisotopic (exact) mass is 1240 g/mol. The van der Waals surface area contributed by atoms with Crippen LogP contribution in [0.5, 0.6) is 0 Å². The Kier molecular flexibility index (Phi) is 43.4. The van der Waals surface area contributed by atoms with Gasteiger partial charge in [0.2, 0.25) is 5.91 Å². The summed E-state index contributed by atoms with van der Waals surface area (Å²) in [7, 11) is 0. The van der Waals surface area contributed by atoms with Crippen molar-refractivity contribution in [3.63, 3.8) is 0 Å². The molecule has 0 radical (unpaired) electrons. The predicted octanol–water partition coefficient (Wildman–Crippen LogP) is 6.98. The number of aliphatic hydroxyl groups excluding tert-OH is 11. The number of rotatable bonds is 44. The van der Waals surface area contributed by atoms with E-state index in [4.69, 9.17) is 28.4 Å². The highest BCUT2D eigenvalue weighted by atomic mass is 16.8. The molecule has 0 aliphatic carbocycles. The SMILES string of the molecule is CC/C=C\C/C=C\C/C=C\C/C=C\C/C=C\C/C=C\C/C=C\C/C=C\C/C=C\C/C=C\C/C=C\C/C=C\CCCCC(=O)NC(COC1OC(CO)C(OC2OC(CO)C(OC3OC(CO)C(O)C(O)C3O)C(O)C2O)C(O)C1O)C(O)/C=C/CCCC. The van der Waals surface area contributed by atoms with Crippen LogP contribution in [0.2, 0.25) is 0 Å². The highest BCUT2D eigenvalue weighted by Crippen LogP contribution is 2.33. The summed E-state index contributed by atoms with van der Waals surface area (Å²) < 4.78 is 34.0. The van der Waals surface area contributed by atoms with E-state index >= 15 is 0 Å². The van der Waals surface area contributed by atoms with Gasteiger partial charge in [0.25, 0.3) is 0 Å². The summed E-state index contributed by atoms with van der Waals surface area (Å²) in [6.07, 6.45) is 44.9. The number of nitrogens with one attached hydrogen (secondary N) is 1. The topological polar surface area (TPSA) is 307 Å². The zero-order chi connectivity index (χ0) is 64.0. The number of unbranched alkanes of at least 4 members (excludes halogenated alkanes) is 4. The van der Waals surface area contributed by atoms with Crippen LogP contribution in [0, 0.1) is 0 Å². The van der Waals surface area contributed by atoms with E-state index in [0.717, 1.165) is 103 Å². The molecule has 0 spiro atoms. The molecule has 19 heteroatoms. The van der Waals surface area contributed by atoms with Gasteiger partial charge in [0, 0.05) is 6.42 Å². The van der Waals surface area contributed by atoms with E-state index in [1.807, 2.05) is 6.92 Å². The van der Waals surface area contributed by atoms with Crippen LogP contribution in [0.4, 0.5) is 0 Å². The summed E-state index contributed by atoms with van der Waals surface area (Å²) in [4.78, 5) is 13.2. The first kappa shape index (κ1) is 77.7. The van der Waals surface area contributed by atoms with Crippen LogP contribution in [-0.4, -0.2) is 193 Å². The molecule has 496 valence electrons. The number of allylic oxidation sites excluding steroid dienone is 25. The summed E-state index contributed by atoms with van der Waals surface area (Å²) in [5, 5.41) is 119. The molecule has 0 aromatic carbocycles. The van der Waals surface area contributed by atoms with Crippen molar-refractivity contribution in [3.8, 4) is 0 Å². The Balaban J connectivity index is 1.30. The summed E-state index contributed by atoms with van der Waals surface area (Å²) >= 11 is 0. The van der Waals surface area contributed by atoms with Crippen molar-refractivity contribution in [1.82, 2.24) is 5.32 Å². The summed E-state index contributed by atoms with van der Waals surface area (Å²) in [6, 6.07) is -1.00. The van der Waals surface area contributed by atoms with Crippen LogP contribution in [-0.2, 0) is 33.2 Å². The van der Waals surface area contributed by atoms with E-state index in [2.05, 4.69) is 158 Å². The molecule has 3 aliphatic heterocycles. The number of carbonyl (C=O) groups is 1. The van der Waals surface area contributed by atoms with E-state index in [9.17, 15) is 61.0 Å². The van der Waals surface area contributed by atoms with Crippen molar-refractivity contribution in [2.24, 2.45) is 0 Å². The number of ether oxygens (including phenoxy) is 6. The van der Waals surface area contributed by atoms with Crippen molar-refractivity contribution >= 4 is 5.91 Å². The van der Waals surface area contributed by atoms with Crippen LogP contribution in [0.25, 0.3) is 0 Å². The second kappa shape index (κ2) is 49.2. The molecule has 1 amide bonds. The third-order valence-corrected chi connectivity index (χ3v) is 14.6. The largest absolute Gasteiger partial charge is 0.394 e. The molecule has 88 heavy (non-hydrogen) atoms. The molecule has 0 aromatic rings. The number of hydrogen-bond donors (Lipinski definition) is 12. The molecule has 0 saturated carbocycles. The second-order valence-electron chi connectivity index (χ2n) is 21.8. The van der Waals surface area contributed by atoms with Gasteiger partial charge in [-0.2, -0.15) is 0 Å². The van der Waals surface area contributed by atoms with Gasteiger partial charge in [-0.15, -0.1) is 0 Å². The predicted molar refractivity (Wildman–Crippen MR) is 341 cm³/mol. The lowest BCUT2D eigenvalue weighted by molar-refractivity contribution is -0.379. The quantitative estimate of drug-likeness (QED) is 0.0216. The number of hydrogen-bond acceptors (Lipinski definition) is 18. The highest BCUT2D eigenvalue weighted by Gasteiger charge is 2.53. The molecule has 3 fully saturated rings. The van der Waals surface area contributed by atoms with Gasteiger partial charge in [0.05, 0.1) is 38.6 Å². The van der Waals surface area contributed by atoms with Gasteiger partial charge in [-0.3, -0.25) is 4.79 Å². The summed E-state index contributed by atoms with van der Waals surface area (Å²) in [5.74, 6) is -0.337. The standard InChI is InChI=1S/C69H107NO18/c1-3-5-7-9-10-11-12-13-14-15-16-17-18-19-20-21-22-23-24-25-26-27-28-29-30-31-32-33-34-35-36-37-38-39-40-41-42-43-45-47-57(75)70-52(53(74)46-44-8-6-4-2)51-83-67-63(81)60(78)65(55(49-72)85-67)88-69-64(82)61(79)66(56(50-73)86-69)87-68-62(80)59(77)58(76)54(48-71)84-68/h5,7,10-11,13-14,16-17,19-20,22-23,25-26,28-29,31-32,34-35,37-38,40-41,44,46,52-56,58-69,71-74,76-82H,3-4,6,8-9,12,15,18,21,24,27,30,33,36,39,42-43,45,47-51H2,1-2H3,(H,70,75)/b7-5-,11-10-,14-13-,17-16-,20-19-,23-22-,26-25-,29-28-,32-31-,35-34-,38-37-,41-40-,46-44+. The Bertz CT molecular complexity index is 2210. The van der Waals surface area contributed by atoms with Crippen LogP contribution < -0.4 is 5.32 Å². The molecule has 3 aliphatic rings. The van der Waals surface area contributed by atoms with E-state index in [0.29, 0.717) is 12.8 Å². The first-order valence-corrected chi connectivity index (χ1v) is 31.7. The lowest BCUT2D eigenvalue weighted by atomic mass is 9.96. The van der Waals surface area contributed by atoms with Crippen molar-refractivity contribution in [1.29, 1.82) is 0 Å². The number of amides is 1. The van der Waals surface area contributed by atoms with Gasteiger partial charge in [-0.25, -0.2) is 0 Å². The van der Waals surface area contributed by atoms with Gasteiger partial charge >= 0.3 is 0 Å². The fourth-order valence-electron chi connectivity index (χ4n) is 9.39. The van der Waals surface area contributed by atoms with E-state index in [1.54, 1.807) is 12.2 Å². The Morgan fingerprint density at radius 3 is 1.17 bits per heavy atom. The van der Waals surface area contributed by atoms with Crippen LogP contribution >= 0.6 is 0 Å². The molecule has 3 heterocycles. The molecule has 3 saturated heterocycles. The Morgan fingerprint density at radius 1 is 0.420 bits per heavy atom.